The van der Waals surface area contributed by atoms with Crippen LogP contribution in [0, 0.1) is 0 Å². The monoisotopic (exact) mass is 308 g/mol. The first-order valence-corrected chi connectivity index (χ1v) is 6.26. The molecular weight excluding hydrogens is 292 g/mol. The van der Waals surface area contributed by atoms with Crippen molar-refractivity contribution >= 4 is 5.78 Å². The first kappa shape index (κ1) is 17.4. The molecule has 21 heavy (non-hydrogen) atoms. The van der Waals surface area contributed by atoms with E-state index in [0.29, 0.717) is 5.75 Å². The summed E-state index contributed by atoms with van der Waals surface area (Å²) >= 11 is 0. The number of para-hydroxylation sites is 1. The highest BCUT2D eigenvalue weighted by Crippen LogP contribution is 2.24. The van der Waals surface area contributed by atoms with Crippen LogP contribution in [0.15, 0.2) is 24.3 Å². The van der Waals surface area contributed by atoms with Gasteiger partial charge in [0.25, 0.3) is 0 Å². The van der Waals surface area contributed by atoms with Crippen molar-refractivity contribution in [2.45, 2.75) is 32.3 Å². The van der Waals surface area contributed by atoms with E-state index in [1.54, 1.807) is 32.0 Å². The minimum absolute atomic E-state index is 0.159. The molecule has 0 aliphatic carbocycles. The lowest BCUT2D eigenvalue weighted by Crippen LogP contribution is -2.33. The Morgan fingerprint density at radius 2 is 1.86 bits per heavy atom. The van der Waals surface area contributed by atoms with Gasteiger partial charge in [-0.3, -0.25) is 4.79 Å². The van der Waals surface area contributed by atoms with E-state index in [-0.39, 0.29) is 11.7 Å². The molecular formula is C14H16F4O3. The van der Waals surface area contributed by atoms with Crippen molar-refractivity contribution < 1.29 is 31.8 Å². The van der Waals surface area contributed by atoms with E-state index >= 15 is 0 Å². The number of ketones is 1. The Morgan fingerprint density at radius 3 is 2.43 bits per heavy atom. The molecule has 0 atom stereocenters. The van der Waals surface area contributed by atoms with E-state index in [4.69, 9.17) is 4.74 Å². The van der Waals surface area contributed by atoms with Gasteiger partial charge in [0.05, 0.1) is 11.7 Å². The van der Waals surface area contributed by atoms with Crippen LogP contribution in [0.4, 0.5) is 17.6 Å². The molecule has 0 saturated carbocycles. The number of carbonyl (C=O) groups excluding carboxylic acids is 1. The smallest absolute Gasteiger partial charge is 0.330 e. The van der Waals surface area contributed by atoms with Crippen molar-refractivity contribution in [3.63, 3.8) is 0 Å². The number of ether oxygens (including phenoxy) is 2. The fourth-order valence-corrected chi connectivity index (χ4v) is 1.47. The molecule has 0 unspecified atom stereocenters. The highest BCUT2D eigenvalue weighted by molar-refractivity contribution is 5.99. The van der Waals surface area contributed by atoms with Crippen molar-refractivity contribution in [1.29, 1.82) is 0 Å². The largest absolute Gasteiger partial charge is 0.490 e. The Labute approximate surface area is 119 Å². The van der Waals surface area contributed by atoms with Gasteiger partial charge in [0.15, 0.2) is 5.78 Å². The molecule has 3 nitrogen and oxygen atoms in total. The van der Waals surface area contributed by atoms with Crippen molar-refractivity contribution in [2.75, 3.05) is 13.2 Å². The second kappa shape index (κ2) is 7.40. The van der Waals surface area contributed by atoms with Crippen LogP contribution < -0.4 is 4.74 Å². The zero-order valence-corrected chi connectivity index (χ0v) is 11.6. The van der Waals surface area contributed by atoms with E-state index in [2.05, 4.69) is 4.74 Å². The third kappa shape index (κ3) is 5.34. The Bertz CT molecular complexity index is 475. The topological polar surface area (TPSA) is 35.5 Å². The number of halogens is 4. The van der Waals surface area contributed by atoms with Gasteiger partial charge >= 0.3 is 12.3 Å². The van der Waals surface area contributed by atoms with Crippen LogP contribution in [-0.2, 0) is 4.74 Å². The van der Waals surface area contributed by atoms with E-state index in [1.807, 2.05) is 0 Å². The predicted molar refractivity (Wildman–Crippen MR) is 68.3 cm³/mol. The number of benzene rings is 1. The zero-order chi connectivity index (χ0) is 16.0. The fraction of sp³-hybridized carbons (Fsp3) is 0.500. The molecule has 0 radical (unpaired) electrons. The van der Waals surface area contributed by atoms with Crippen molar-refractivity contribution in [2.24, 2.45) is 0 Å². The first-order valence-electron chi connectivity index (χ1n) is 6.26. The maximum Gasteiger partial charge on any atom is 0.330 e. The van der Waals surface area contributed by atoms with Crippen LogP contribution in [0.5, 0.6) is 5.75 Å². The SMILES string of the molecule is CC(C)Oc1ccccc1C(=O)COCC(F)(F)C(F)F. The van der Waals surface area contributed by atoms with Gasteiger partial charge in [-0.2, -0.15) is 8.78 Å². The first-order chi connectivity index (χ1) is 9.74. The summed E-state index contributed by atoms with van der Waals surface area (Å²) < 4.78 is 59.0. The summed E-state index contributed by atoms with van der Waals surface area (Å²) in [5.41, 5.74) is 0.159. The van der Waals surface area contributed by atoms with E-state index in [0.717, 1.165) is 0 Å². The molecule has 1 aromatic carbocycles. The molecule has 1 rings (SSSR count). The summed E-state index contributed by atoms with van der Waals surface area (Å²) in [6.07, 6.45) is -4.01. The lowest BCUT2D eigenvalue weighted by Gasteiger charge is -2.16. The Hall–Kier alpha value is -1.63. The van der Waals surface area contributed by atoms with Gasteiger partial charge in [-0.25, -0.2) is 8.78 Å². The standard InChI is InChI=1S/C14H16F4O3/c1-9(2)21-12-6-4-3-5-10(12)11(19)7-20-8-14(17,18)13(15)16/h3-6,9,13H,7-8H2,1-2H3. The van der Waals surface area contributed by atoms with Gasteiger partial charge in [0.2, 0.25) is 0 Å². The van der Waals surface area contributed by atoms with Crippen LogP contribution in [-0.4, -0.2) is 37.4 Å². The van der Waals surface area contributed by atoms with Crippen LogP contribution in [0.2, 0.25) is 0 Å². The summed E-state index contributed by atoms with van der Waals surface area (Å²) in [7, 11) is 0. The van der Waals surface area contributed by atoms with Crippen molar-refractivity contribution in [1.82, 2.24) is 0 Å². The molecule has 0 heterocycles. The molecule has 118 valence electrons. The summed E-state index contributed by atoms with van der Waals surface area (Å²) in [4.78, 5) is 11.9. The Balaban J connectivity index is 2.64. The number of alkyl halides is 4. The molecule has 0 aliphatic rings. The molecule has 0 amide bonds. The zero-order valence-electron chi connectivity index (χ0n) is 11.6. The van der Waals surface area contributed by atoms with Gasteiger partial charge in [0.1, 0.15) is 19.0 Å². The van der Waals surface area contributed by atoms with Gasteiger partial charge < -0.3 is 9.47 Å². The average Bonchev–Trinajstić information content (AvgIpc) is 2.38. The molecule has 0 bridgehead atoms. The van der Waals surface area contributed by atoms with Crippen molar-refractivity contribution in [3.8, 4) is 5.75 Å². The number of rotatable bonds is 8. The van der Waals surface area contributed by atoms with Gasteiger partial charge in [0, 0.05) is 0 Å². The highest BCUT2D eigenvalue weighted by atomic mass is 19.3. The van der Waals surface area contributed by atoms with Crippen LogP contribution >= 0.6 is 0 Å². The summed E-state index contributed by atoms with van der Waals surface area (Å²) in [5, 5.41) is 0. The Morgan fingerprint density at radius 1 is 1.24 bits per heavy atom. The van der Waals surface area contributed by atoms with Gasteiger partial charge in [-0.05, 0) is 26.0 Å². The normalized spacial score (nSPS) is 12.0. The van der Waals surface area contributed by atoms with E-state index in [1.165, 1.54) is 6.07 Å². The molecule has 0 aromatic heterocycles. The molecule has 7 heteroatoms. The minimum atomic E-state index is -4.27. The van der Waals surface area contributed by atoms with Crippen LogP contribution in [0.3, 0.4) is 0 Å². The van der Waals surface area contributed by atoms with E-state index < -0.39 is 31.3 Å². The lowest BCUT2D eigenvalue weighted by atomic mass is 10.1. The highest BCUT2D eigenvalue weighted by Gasteiger charge is 2.41. The number of carbonyl (C=O) groups is 1. The number of hydrogen-bond donors (Lipinski definition) is 0. The lowest BCUT2D eigenvalue weighted by molar-refractivity contribution is -0.163. The van der Waals surface area contributed by atoms with Crippen LogP contribution in [0.25, 0.3) is 0 Å². The number of Topliss-reactive ketones (excluding diaryl/α,β-unsaturated/α-hetero) is 1. The molecule has 0 saturated heterocycles. The van der Waals surface area contributed by atoms with Crippen LogP contribution in [0.1, 0.15) is 24.2 Å². The summed E-state index contributed by atoms with van der Waals surface area (Å²) in [5.74, 6) is -4.59. The maximum atomic E-state index is 12.6. The minimum Gasteiger partial charge on any atom is -0.490 e. The average molecular weight is 308 g/mol. The fourth-order valence-electron chi connectivity index (χ4n) is 1.47. The summed E-state index contributed by atoms with van der Waals surface area (Å²) in [6.45, 7) is 1.30. The third-order valence-electron chi connectivity index (χ3n) is 2.40. The molecule has 1 aromatic rings. The molecule has 0 aliphatic heterocycles. The third-order valence-corrected chi connectivity index (χ3v) is 2.40. The van der Waals surface area contributed by atoms with Crippen molar-refractivity contribution in [3.05, 3.63) is 29.8 Å². The second-order valence-electron chi connectivity index (χ2n) is 4.64. The predicted octanol–water partition coefficient (Wildman–Crippen LogP) is 3.57. The van der Waals surface area contributed by atoms with Gasteiger partial charge in [-0.15, -0.1) is 0 Å². The molecule has 0 fully saturated rings. The number of hydrogen-bond acceptors (Lipinski definition) is 3. The molecule has 0 N–H and O–H groups in total. The quantitative estimate of drug-likeness (QED) is 0.544. The summed E-state index contributed by atoms with van der Waals surface area (Å²) in [6, 6.07) is 6.24. The Kier molecular flexibility index (Phi) is 6.14. The molecule has 0 spiro atoms. The second-order valence-corrected chi connectivity index (χ2v) is 4.64. The van der Waals surface area contributed by atoms with E-state index in [9.17, 15) is 22.4 Å². The van der Waals surface area contributed by atoms with Gasteiger partial charge in [-0.1, -0.05) is 12.1 Å². The maximum absolute atomic E-state index is 12.6.